The quantitative estimate of drug-likeness (QED) is 0.488. The van der Waals surface area contributed by atoms with E-state index in [2.05, 4.69) is 46.5 Å². The molecule has 0 fully saturated rings. The van der Waals surface area contributed by atoms with Crippen LogP contribution in [0.15, 0.2) is 22.6 Å². The highest BCUT2D eigenvalue weighted by molar-refractivity contribution is 5.91. The molecule has 0 atom stereocenters. The number of unbranched alkanes of at least 4 members (excludes halogenated alkanes) is 1. The molecule has 0 unspecified atom stereocenters. The predicted octanol–water partition coefficient (Wildman–Crippen LogP) is 4.02. The molecule has 160 valence electrons. The number of nitrogens with one attached hydrogen (secondary N) is 2. The lowest BCUT2D eigenvalue weighted by Crippen LogP contribution is -2.25. The van der Waals surface area contributed by atoms with Gasteiger partial charge >= 0.3 is 6.01 Å². The molecule has 0 aliphatic rings. The summed E-state index contributed by atoms with van der Waals surface area (Å²) >= 11 is 0. The molecule has 0 spiro atoms. The van der Waals surface area contributed by atoms with Crippen molar-refractivity contribution < 1.29 is 13.9 Å². The maximum absolute atomic E-state index is 11.9. The molecule has 2 rings (SSSR count). The number of carbonyl (C=O) groups excluding carboxylic acids is 1. The number of hydrogen-bond acceptors (Lipinski definition) is 7. The van der Waals surface area contributed by atoms with Gasteiger partial charge in [0.1, 0.15) is 5.75 Å². The average molecular weight is 404 g/mol. The normalized spacial score (nSPS) is 10.9. The highest BCUT2D eigenvalue weighted by Gasteiger charge is 2.15. The first kappa shape index (κ1) is 22.7. The standard InChI is InChI=1S/C21H33N5O3/c1-5-8-10-19(27)23-16-11-12-17(18(15-16)28-4)20-24-25-21(29-20)22-13-9-14-26(6-2)7-3/h11-12,15H,5-10,13-14H2,1-4H3,(H,22,25)(H,23,27). The highest BCUT2D eigenvalue weighted by atomic mass is 16.5. The molecule has 0 aliphatic carbocycles. The Kier molecular flexibility index (Phi) is 9.43. The molecule has 0 bridgehead atoms. The number of aromatic nitrogens is 2. The van der Waals surface area contributed by atoms with Crippen LogP contribution in [-0.2, 0) is 4.79 Å². The number of anilines is 2. The molecule has 1 amide bonds. The lowest BCUT2D eigenvalue weighted by atomic mass is 10.1. The third-order valence-corrected chi connectivity index (χ3v) is 4.72. The Morgan fingerprint density at radius 3 is 2.66 bits per heavy atom. The van der Waals surface area contributed by atoms with Gasteiger partial charge in [0.2, 0.25) is 5.91 Å². The molecular weight excluding hydrogens is 370 g/mol. The number of rotatable bonds is 13. The fourth-order valence-corrected chi connectivity index (χ4v) is 2.95. The monoisotopic (exact) mass is 403 g/mol. The summed E-state index contributed by atoms with van der Waals surface area (Å²) in [6, 6.07) is 5.77. The Morgan fingerprint density at radius 2 is 1.97 bits per heavy atom. The number of amides is 1. The van der Waals surface area contributed by atoms with Crippen molar-refractivity contribution in [3.63, 3.8) is 0 Å². The van der Waals surface area contributed by atoms with Crippen molar-refractivity contribution in [2.75, 3.05) is 43.9 Å². The van der Waals surface area contributed by atoms with Crippen LogP contribution in [0, 0.1) is 0 Å². The van der Waals surface area contributed by atoms with Gasteiger partial charge in [-0.05, 0) is 44.6 Å². The molecule has 0 saturated carbocycles. The van der Waals surface area contributed by atoms with Crippen molar-refractivity contribution in [2.45, 2.75) is 46.5 Å². The van der Waals surface area contributed by atoms with Gasteiger partial charge in [0.25, 0.3) is 5.89 Å². The fraction of sp³-hybridized carbons (Fsp3) is 0.571. The summed E-state index contributed by atoms with van der Waals surface area (Å²) in [4.78, 5) is 14.3. The summed E-state index contributed by atoms with van der Waals surface area (Å²) in [6.45, 7) is 10.3. The molecule has 2 N–H and O–H groups in total. The van der Waals surface area contributed by atoms with Gasteiger partial charge in [0, 0.05) is 24.7 Å². The third-order valence-electron chi connectivity index (χ3n) is 4.72. The number of nitrogens with zero attached hydrogens (tertiary/aromatic N) is 3. The maximum Gasteiger partial charge on any atom is 0.315 e. The zero-order chi connectivity index (χ0) is 21.1. The molecular formula is C21H33N5O3. The first-order valence-electron chi connectivity index (χ1n) is 10.4. The summed E-state index contributed by atoms with van der Waals surface area (Å²) in [5, 5.41) is 14.2. The zero-order valence-electron chi connectivity index (χ0n) is 18.0. The minimum atomic E-state index is -0.00404. The molecule has 0 aliphatic heterocycles. The Bertz CT molecular complexity index is 759. The summed E-state index contributed by atoms with van der Waals surface area (Å²) in [6.07, 6.45) is 3.36. The van der Waals surface area contributed by atoms with Gasteiger partial charge < -0.3 is 24.7 Å². The number of ether oxygens (including phenoxy) is 1. The largest absolute Gasteiger partial charge is 0.496 e. The Morgan fingerprint density at radius 1 is 1.17 bits per heavy atom. The van der Waals surface area contributed by atoms with Gasteiger partial charge in [-0.25, -0.2) is 0 Å². The van der Waals surface area contributed by atoms with Gasteiger partial charge in [0.05, 0.1) is 12.7 Å². The van der Waals surface area contributed by atoms with E-state index in [4.69, 9.17) is 9.15 Å². The molecule has 1 aromatic carbocycles. The Balaban J connectivity index is 1.97. The predicted molar refractivity (Wildman–Crippen MR) is 115 cm³/mol. The van der Waals surface area contributed by atoms with Crippen LogP contribution >= 0.6 is 0 Å². The second-order valence-electron chi connectivity index (χ2n) is 6.79. The SMILES string of the molecule is CCCCC(=O)Nc1ccc(-c2nnc(NCCCN(CC)CC)o2)c(OC)c1. The van der Waals surface area contributed by atoms with Crippen molar-refractivity contribution in [1.29, 1.82) is 0 Å². The van der Waals surface area contributed by atoms with Crippen molar-refractivity contribution >= 4 is 17.6 Å². The number of benzene rings is 1. The van der Waals surface area contributed by atoms with Crippen LogP contribution in [0.3, 0.4) is 0 Å². The minimum Gasteiger partial charge on any atom is -0.496 e. The second kappa shape index (κ2) is 12.1. The lowest BCUT2D eigenvalue weighted by molar-refractivity contribution is -0.116. The molecule has 0 saturated heterocycles. The Labute approximate surface area is 173 Å². The van der Waals surface area contributed by atoms with E-state index < -0.39 is 0 Å². The van der Waals surface area contributed by atoms with Gasteiger partial charge in [-0.1, -0.05) is 32.3 Å². The fourth-order valence-electron chi connectivity index (χ4n) is 2.95. The van der Waals surface area contributed by atoms with E-state index in [9.17, 15) is 4.79 Å². The van der Waals surface area contributed by atoms with E-state index in [1.54, 1.807) is 13.2 Å². The first-order chi connectivity index (χ1) is 14.1. The summed E-state index contributed by atoms with van der Waals surface area (Å²) in [5.41, 5.74) is 1.36. The lowest BCUT2D eigenvalue weighted by Gasteiger charge is -2.17. The van der Waals surface area contributed by atoms with Gasteiger partial charge in [-0.2, -0.15) is 0 Å². The van der Waals surface area contributed by atoms with Crippen molar-refractivity contribution in [3.8, 4) is 17.2 Å². The second-order valence-corrected chi connectivity index (χ2v) is 6.79. The highest BCUT2D eigenvalue weighted by Crippen LogP contribution is 2.32. The van der Waals surface area contributed by atoms with Gasteiger partial charge in [-0.15, -0.1) is 5.10 Å². The molecule has 1 heterocycles. The minimum absolute atomic E-state index is 0.00404. The van der Waals surface area contributed by atoms with Crippen LogP contribution in [0.2, 0.25) is 0 Å². The van der Waals surface area contributed by atoms with E-state index in [0.717, 1.165) is 45.4 Å². The number of carbonyl (C=O) groups is 1. The smallest absolute Gasteiger partial charge is 0.315 e. The zero-order valence-corrected chi connectivity index (χ0v) is 18.0. The van der Waals surface area contributed by atoms with E-state index in [1.165, 1.54) is 0 Å². The maximum atomic E-state index is 11.9. The molecule has 2 aromatic rings. The van der Waals surface area contributed by atoms with Crippen molar-refractivity contribution in [2.24, 2.45) is 0 Å². The van der Waals surface area contributed by atoms with Crippen LogP contribution in [0.5, 0.6) is 5.75 Å². The van der Waals surface area contributed by atoms with Crippen LogP contribution in [-0.4, -0.2) is 54.3 Å². The van der Waals surface area contributed by atoms with Crippen molar-refractivity contribution in [1.82, 2.24) is 15.1 Å². The van der Waals surface area contributed by atoms with Crippen molar-refractivity contribution in [3.05, 3.63) is 18.2 Å². The average Bonchev–Trinajstić information content (AvgIpc) is 3.21. The first-order valence-corrected chi connectivity index (χ1v) is 10.4. The molecule has 1 aromatic heterocycles. The van der Waals surface area contributed by atoms with E-state index in [0.29, 0.717) is 35.3 Å². The summed E-state index contributed by atoms with van der Waals surface area (Å²) in [7, 11) is 1.57. The van der Waals surface area contributed by atoms with E-state index >= 15 is 0 Å². The van der Waals surface area contributed by atoms with Crippen LogP contribution < -0.4 is 15.4 Å². The van der Waals surface area contributed by atoms with Crippen LogP contribution in [0.1, 0.15) is 46.5 Å². The summed E-state index contributed by atoms with van der Waals surface area (Å²) in [5.74, 6) is 0.933. The number of methoxy groups -OCH3 is 1. The van der Waals surface area contributed by atoms with E-state index in [-0.39, 0.29) is 5.91 Å². The van der Waals surface area contributed by atoms with Gasteiger partial charge in [0.15, 0.2) is 0 Å². The molecule has 8 heteroatoms. The van der Waals surface area contributed by atoms with Crippen LogP contribution in [0.25, 0.3) is 11.5 Å². The molecule has 29 heavy (non-hydrogen) atoms. The van der Waals surface area contributed by atoms with Crippen LogP contribution in [0.4, 0.5) is 11.7 Å². The number of hydrogen-bond donors (Lipinski definition) is 2. The topological polar surface area (TPSA) is 92.5 Å². The molecule has 0 radical (unpaired) electrons. The molecule has 8 nitrogen and oxygen atoms in total. The third kappa shape index (κ3) is 7.05. The summed E-state index contributed by atoms with van der Waals surface area (Å²) < 4.78 is 11.2. The Hall–Kier alpha value is -2.61. The van der Waals surface area contributed by atoms with E-state index in [1.807, 2.05) is 12.1 Å². The van der Waals surface area contributed by atoms with Gasteiger partial charge in [-0.3, -0.25) is 4.79 Å².